The van der Waals surface area contributed by atoms with Crippen LogP contribution >= 0.6 is 0 Å². The Labute approximate surface area is 358 Å². The number of para-hydroxylation sites is 2. The number of hydrogen-bond acceptors (Lipinski definition) is 4. The third-order valence-corrected chi connectivity index (χ3v) is 8.51. The number of hydrogen-bond donors (Lipinski definition) is 1. The van der Waals surface area contributed by atoms with E-state index in [1.165, 1.54) is 10.8 Å². The van der Waals surface area contributed by atoms with E-state index in [9.17, 15) is 27.5 Å². The number of nitrogens with zero attached hydrogens (tertiary/aromatic N) is 4. The van der Waals surface area contributed by atoms with E-state index < -0.39 is 29.2 Å². The number of rotatable bonds is 8. The van der Waals surface area contributed by atoms with Crippen LogP contribution in [0.1, 0.15) is 21.6 Å². The predicted octanol–water partition coefficient (Wildman–Crippen LogP) is 11.6. The zero-order valence-corrected chi connectivity index (χ0v) is 34.0. The first kappa shape index (κ1) is 43.9. The van der Waals surface area contributed by atoms with Gasteiger partial charge in [-0.25, -0.2) is 9.78 Å². The van der Waals surface area contributed by atoms with Crippen molar-refractivity contribution in [2.45, 2.75) is 0 Å². The molecular weight excluding hydrogens is 945 g/mol. The SMILES string of the molecule is Fc1c[c-]c(-c2ccccn2)c(F)c1.O=C(O)c1ncccc1/C=C/c1ccc(N(c2ccccc2)c2ccccc2)cc1.[CH2-][n+]1ccccc1-c1[c-]cc(F)cc1F.[Ir+3]. The Hall–Kier alpha value is -7.20. The van der Waals surface area contributed by atoms with E-state index in [1.807, 2.05) is 54.6 Å². The number of aromatic nitrogens is 3. The fourth-order valence-corrected chi connectivity index (χ4v) is 5.75. The van der Waals surface area contributed by atoms with Gasteiger partial charge >= 0.3 is 26.1 Å². The number of anilines is 3. The zero-order chi connectivity index (χ0) is 41.6. The van der Waals surface area contributed by atoms with E-state index >= 15 is 0 Å². The fraction of sp³-hybridized carbons (Fsp3) is 0. The van der Waals surface area contributed by atoms with Gasteiger partial charge in [0.25, 0.3) is 0 Å². The third kappa shape index (κ3) is 11.7. The van der Waals surface area contributed by atoms with Crippen LogP contribution in [0.3, 0.4) is 0 Å². The van der Waals surface area contributed by atoms with E-state index in [1.54, 1.807) is 67.0 Å². The van der Waals surface area contributed by atoms with Gasteiger partial charge < -0.3 is 19.6 Å². The summed E-state index contributed by atoms with van der Waals surface area (Å²) in [5.74, 6) is -3.60. The van der Waals surface area contributed by atoms with Gasteiger partial charge in [-0.3, -0.25) is 17.6 Å². The molecule has 3 heterocycles. The number of aromatic carboxylic acids is 1. The van der Waals surface area contributed by atoms with E-state index in [0.29, 0.717) is 17.0 Å². The number of carboxylic acid groups (broad SMARTS) is 1. The van der Waals surface area contributed by atoms with E-state index in [4.69, 9.17) is 0 Å². The summed E-state index contributed by atoms with van der Waals surface area (Å²) in [4.78, 5) is 21.4. The molecule has 8 rings (SSSR count). The van der Waals surface area contributed by atoms with Gasteiger partial charge in [-0.1, -0.05) is 109 Å². The molecule has 298 valence electrons. The minimum absolute atomic E-state index is 0. The van der Waals surface area contributed by atoms with Gasteiger partial charge in [0, 0.05) is 65.3 Å². The molecule has 8 aromatic rings. The summed E-state index contributed by atoms with van der Waals surface area (Å²) >= 11 is 0. The molecular formula is C49H34F4IrN4O2+. The first-order valence-corrected chi connectivity index (χ1v) is 18.0. The summed E-state index contributed by atoms with van der Waals surface area (Å²) in [7, 11) is 3.70. The maximum Gasteiger partial charge on any atom is 3.00 e. The van der Waals surface area contributed by atoms with Gasteiger partial charge in [-0.15, -0.1) is 24.3 Å². The average molecular weight is 979 g/mol. The summed E-state index contributed by atoms with van der Waals surface area (Å²) in [6.07, 6.45) is 8.38. The minimum Gasteiger partial charge on any atom is -0.476 e. The second-order valence-electron chi connectivity index (χ2n) is 12.5. The zero-order valence-electron chi connectivity index (χ0n) is 31.6. The molecule has 0 unspecified atom stereocenters. The first-order chi connectivity index (χ1) is 28.7. The molecule has 0 aliphatic heterocycles. The van der Waals surface area contributed by atoms with E-state index in [0.717, 1.165) is 46.9 Å². The maximum absolute atomic E-state index is 13.4. The Kier molecular flexibility index (Phi) is 15.8. The number of pyridine rings is 3. The summed E-state index contributed by atoms with van der Waals surface area (Å²) in [6.45, 7) is 0. The summed E-state index contributed by atoms with van der Waals surface area (Å²) in [5, 5.41) is 9.27. The Balaban J connectivity index is 0.000000190. The second-order valence-corrected chi connectivity index (χ2v) is 12.5. The van der Waals surface area contributed by atoms with Crippen LogP contribution in [0.2, 0.25) is 0 Å². The molecule has 6 nitrogen and oxygen atoms in total. The second kappa shape index (κ2) is 21.5. The van der Waals surface area contributed by atoms with Crippen molar-refractivity contribution in [2.24, 2.45) is 0 Å². The van der Waals surface area contributed by atoms with Crippen LogP contribution in [0.5, 0.6) is 0 Å². The van der Waals surface area contributed by atoms with Crippen molar-refractivity contribution in [3.8, 4) is 22.5 Å². The van der Waals surface area contributed by atoms with Gasteiger partial charge in [0.15, 0.2) is 5.69 Å². The molecule has 0 bridgehead atoms. The quantitative estimate of drug-likeness (QED) is 0.0933. The van der Waals surface area contributed by atoms with Crippen molar-refractivity contribution < 1.29 is 52.1 Å². The molecule has 3 aromatic heterocycles. The van der Waals surface area contributed by atoms with Crippen molar-refractivity contribution >= 4 is 35.2 Å². The molecule has 0 saturated heterocycles. The van der Waals surface area contributed by atoms with Gasteiger partial charge in [-0.05, 0) is 71.4 Å². The number of carbonyl (C=O) groups is 1. The molecule has 0 radical (unpaired) electrons. The van der Waals surface area contributed by atoms with Crippen molar-refractivity contribution in [3.63, 3.8) is 0 Å². The molecule has 0 fully saturated rings. The van der Waals surface area contributed by atoms with Crippen LogP contribution in [0.25, 0.3) is 34.7 Å². The van der Waals surface area contributed by atoms with Crippen molar-refractivity contribution in [3.05, 3.63) is 236 Å². The normalized spacial score (nSPS) is 10.3. The van der Waals surface area contributed by atoms with Crippen molar-refractivity contribution in [1.29, 1.82) is 0 Å². The summed E-state index contributed by atoms with van der Waals surface area (Å²) in [6, 6.07) is 51.3. The van der Waals surface area contributed by atoms with Gasteiger partial charge in [0.2, 0.25) is 0 Å². The minimum atomic E-state index is -1.04. The molecule has 0 spiro atoms. The fourth-order valence-electron chi connectivity index (χ4n) is 5.75. The van der Waals surface area contributed by atoms with Crippen molar-refractivity contribution in [1.82, 2.24) is 9.97 Å². The van der Waals surface area contributed by atoms with E-state index in [2.05, 4.69) is 70.4 Å². The molecule has 0 amide bonds. The molecule has 0 atom stereocenters. The molecule has 11 heteroatoms. The molecule has 0 aliphatic carbocycles. The Morgan fingerprint density at radius 3 is 1.73 bits per heavy atom. The van der Waals surface area contributed by atoms with Crippen LogP contribution in [-0.4, -0.2) is 21.0 Å². The predicted molar refractivity (Wildman–Crippen MR) is 221 cm³/mol. The van der Waals surface area contributed by atoms with Crippen LogP contribution in [0.15, 0.2) is 176 Å². The maximum atomic E-state index is 13.4. The summed E-state index contributed by atoms with van der Waals surface area (Å²) < 4.78 is 53.4. The smallest absolute Gasteiger partial charge is 0.476 e. The molecule has 0 aliphatic rings. The first-order valence-electron chi connectivity index (χ1n) is 18.0. The van der Waals surface area contributed by atoms with Crippen molar-refractivity contribution in [2.75, 3.05) is 4.90 Å². The molecule has 60 heavy (non-hydrogen) atoms. The van der Waals surface area contributed by atoms with Crippen LogP contribution < -0.4 is 9.47 Å². The number of benzene rings is 5. The average Bonchev–Trinajstić information content (AvgIpc) is 3.25. The van der Waals surface area contributed by atoms with Crippen LogP contribution in [0.4, 0.5) is 34.6 Å². The summed E-state index contributed by atoms with van der Waals surface area (Å²) in [5.41, 5.74) is 6.19. The Bertz CT molecular complexity index is 2610. The third-order valence-electron chi connectivity index (χ3n) is 8.51. The van der Waals surface area contributed by atoms with Crippen LogP contribution in [-0.2, 0) is 20.1 Å². The van der Waals surface area contributed by atoms with Gasteiger partial charge in [-0.2, -0.15) is 0 Å². The Morgan fingerprint density at radius 2 is 1.18 bits per heavy atom. The van der Waals surface area contributed by atoms with E-state index in [-0.39, 0.29) is 36.9 Å². The monoisotopic (exact) mass is 979 g/mol. The topological polar surface area (TPSA) is 70.2 Å². The van der Waals surface area contributed by atoms with Gasteiger partial charge in [0.05, 0.1) is 6.20 Å². The number of halogens is 4. The molecule has 1 N–H and O–H groups in total. The number of carboxylic acids is 1. The molecule has 5 aromatic carbocycles. The van der Waals surface area contributed by atoms with Gasteiger partial charge in [0.1, 0.15) is 5.69 Å². The molecule has 0 saturated carbocycles. The Morgan fingerprint density at radius 1 is 0.633 bits per heavy atom. The van der Waals surface area contributed by atoms with Crippen LogP contribution in [0, 0.1) is 42.4 Å². The standard InChI is InChI=1S/C26H20N2O2.C12H8F2N.C11H6F2N.Ir/c29-26(30)25-21(8-7-19-27-25)16-13-20-14-17-24(18-15-20)28(22-9-3-1-4-10-22)23-11-5-2-6-12-23;1-15-7-3-2-4-12(15)10-6-5-9(13)8-11(10)14;12-8-4-5-9(10(13)7-8)11-3-1-2-6-14-11;/h1-19H,(H,29,30);2-5,7-8H,1H2;1-4,6-7H;/q;2*-1;+3/b16-13+;;;. The largest absolute Gasteiger partial charge is 3.00 e.